The number of pyridine rings is 1. The summed E-state index contributed by atoms with van der Waals surface area (Å²) in [7, 11) is 0. The molecule has 112 valence electrons. The maximum atomic E-state index is 6.06. The number of aryl methyl sites for hydroxylation is 3. The SMILES string of the molecule is CCNCc1c(C)cc(C)nc1Oc1cc(Cl)ccc1C. The molecule has 2 rings (SSSR count). The third-order valence-electron chi connectivity index (χ3n) is 3.35. The maximum Gasteiger partial charge on any atom is 0.224 e. The van der Waals surface area contributed by atoms with Gasteiger partial charge in [0.05, 0.1) is 0 Å². The fourth-order valence-electron chi connectivity index (χ4n) is 2.17. The molecule has 0 radical (unpaired) electrons. The minimum atomic E-state index is 0.652. The molecule has 4 heteroatoms. The molecule has 3 nitrogen and oxygen atoms in total. The second kappa shape index (κ2) is 6.92. The third kappa shape index (κ3) is 3.96. The maximum absolute atomic E-state index is 6.06. The van der Waals surface area contributed by atoms with E-state index in [0.29, 0.717) is 10.9 Å². The molecule has 0 saturated heterocycles. The van der Waals surface area contributed by atoms with Crippen LogP contribution in [-0.2, 0) is 6.54 Å². The standard InChI is InChI=1S/C17H21ClN2O/c1-5-19-10-15-12(3)8-13(4)20-17(15)21-16-9-14(18)7-6-11(16)2/h6-9,19H,5,10H2,1-4H3. The Kier molecular flexibility index (Phi) is 5.21. The lowest BCUT2D eigenvalue weighted by Crippen LogP contribution is -2.14. The van der Waals surface area contributed by atoms with Crippen molar-refractivity contribution in [2.75, 3.05) is 6.54 Å². The Labute approximate surface area is 131 Å². The summed E-state index contributed by atoms with van der Waals surface area (Å²) in [6.45, 7) is 9.78. The van der Waals surface area contributed by atoms with Gasteiger partial charge in [0.15, 0.2) is 0 Å². The van der Waals surface area contributed by atoms with Crippen molar-refractivity contribution in [1.82, 2.24) is 10.3 Å². The second-order valence-corrected chi connectivity index (χ2v) is 5.59. The number of benzene rings is 1. The van der Waals surface area contributed by atoms with Crippen LogP contribution in [-0.4, -0.2) is 11.5 Å². The van der Waals surface area contributed by atoms with E-state index in [4.69, 9.17) is 16.3 Å². The minimum absolute atomic E-state index is 0.652. The summed E-state index contributed by atoms with van der Waals surface area (Å²) in [4.78, 5) is 4.55. The van der Waals surface area contributed by atoms with E-state index >= 15 is 0 Å². The van der Waals surface area contributed by atoms with Gasteiger partial charge in [0.1, 0.15) is 5.75 Å². The molecule has 0 saturated carbocycles. The summed E-state index contributed by atoms with van der Waals surface area (Å²) >= 11 is 6.06. The normalized spacial score (nSPS) is 10.7. The number of halogens is 1. The molecule has 1 aromatic carbocycles. The largest absolute Gasteiger partial charge is 0.438 e. The number of hydrogen-bond donors (Lipinski definition) is 1. The van der Waals surface area contributed by atoms with Gasteiger partial charge in [-0.15, -0.1) is 0 Å². The lowest BCUT2D eigenvalue weighted by molar-refractivity contribution is 0.448. The zero-order valence-electron chi connectivity index (χ0n) is 13.0. The van der Waals surface area contributed by atoms with E-state index in [9.17, 15) is 0 Å². The zero-order chi connectivity index (χ0) is 15.4. The number of nitrogens with zero attached hydrogens (tertiary/aromatic N) is 1. The number of nitrogens with one attached hydrogen (secondary N) is 1. The van der Waals surface area contributed by atoms with Crippen LogP contribution >= 0.6 is 11.6 Å². The van der Waals surface area contributed by atoms with Gasteiger partial charge < -0.3 is 10.1 Å². The molecule has 0 spiro atoms. The van der Waals surface area contributed by atoms with Gasteiger partial charge in [-0.05, 0) is 56.6 Å². The van der Waals surface area contributed by atoms with E-state index in [1.807, 2.05) is 32.0 Å². The molecule has 2 aromatic rings. The van der Waals surface area contributed by atoms with Gasteiger partial charge in [-0.1, -0.05) is 24.6 Å². The summed E-state index contributed by atoms with van der Waals surface area (Å²) < 4.78 is 6.04. The van der Waals surface area contributed by atoms with Crippen LogP contribution in [0.5, 0.6) is 11.6 Å². The van der Waals surface area contributed by atoms with Crippen molar-refractivity contribution in [2.45, 2.75) is 34.2 Å². The van der Waals surface area contributed by atoms with Crippen LogP contribution in [0.3, 0.4) is 0 Å². The first-order valence-electron chi connectivity index (χ1n) is 7.13. The summed E-state index contributed by atoms with van der Waals surface area (Å²) in [5.74, 6) is 1.40. The highest BCUT2D eigenvalue weighted by molar-refractivity contribution is 6.30. The average molecular weight is 305 g/mol. The quantitative estimate of drug-likeness (QED) is 0.879. The first-order chi connectivity index (χ1) is 10.0. The molecule has 1 aromatic heterocycles. The molecule has 0 amide bonds. The third-order valence-corrected chi connectivity index (χ3v) is 3.58. The van der Waals surface area contributed by atoms with Crippen molar-refractivity contribution in [3.05, 3.63) is 51.7 Å². The number of ether oxygens (including phenoxy) is 1. The smallest absolute Gasteiger partial charge is 0.224 e. The highest BCUT2D eigenvalue weighted by Gasteiger charge is 2.12. The first-order valence-corrected chi connectivity index (χ1v) is 7.51. The summed E-state index contributed by atoms with van der Waals surface area (Å²) in [6.07, 6.45) is 0. The zero-order valence-corrected chi connectivity index (χ0v) is 13.7. The summed E-state index contributed by atoms with van der Waals surface area (Å²) in [5.41, 5.74) is 4.25. The Morgan fingerprint density at radius 3 is 2.62 bits per heavy atom. The Morgan fingerprint density at radius 1 is 1.14 bits per heavy atom. The summed E-state index contributed by atoms with van der Waals surface area (Å²) in [6, 6.07) is 7.71. The predicted octanol–water partition coefficient (Wildman–Crippen LogP) is 4.56. The van der Waals surface area contributed by atoms with Crippen LogP contribution in [0, 0.1) is 20.8 Å². The number of hydrogen-bond acceptors (Lipinski definition) is 3. The van der Waals surface area contributed by atoms with Crippen molar-refractivity contribution >= 4 is 11.6 Å². The number of aromatic nitrogens is 1. The van der Waals surface area contributed by atoms with Crippen LogP contribution in [0.2, 0.25) is 5.02 Å². The van der Waals surface area contributed by atoms with Crippen LogP contribution in [0.15, 0.2) is 24.3 Å². The van der Waals surface area contributed by atoms with E-state index < -0.39 is 0 Å². The fourth-order valence-corrected chi connectivity index (χ4v) is 2.33. The van der Waals surface area contributed by atoms with Crippen molar-refractivity contribution < 1.29 is 4.74 Å². The highest BCUT2D eigenvalue weighted by atomic mass is 35.5. The Bertz CT molecular complexity index is 641. The topological polar surface area (TPSA) is 34.2 Å². The predicted molar refractivity (Wildman–Crippen MR) is 87.4 cm³/mol. The molecule has 0 bridgehead atoms. The van der Waals surface area contributed by atoms with Crippen LogP contribution in [0.1, 0.15) is 29.3 Å². The molecule has 0 atom stereocenters. The lowest BCUT2D eigenvalue weighted by Gasteiger charge is -2.15. The van der Waals surface area contributed by atoms with Gasteiger partial charge in [-0.2, -0.15) is 0 Å². The second-order valence-electron chi connectivity index (χ2n) is 5.16. The van der Waals surface area contributed by atoms with Gasteiger partial charge >= 0.3 is 0 Å². The van der Waals surface area contributed by atoms with Crippen molar-refractivity contribution in [3.63, 3.8) is 0 Å². The molecule has 0 aliphatic rings. The molecule has 0 aliphatic heterocycles. The molecule has 0 unspecified atom stereocenters. The van der Waals surface area contributed by atoms with Crippen LogP contribution in [0.25, 0.3) is 0 Å². The molecule has 0 aliphatic carbocycles. The molecule has 1 heterocycles. The molecule has 0 fully saturated rings. The minimum Gasteiger partial charge on any atom is -0.438 e. The molecule has 1 N–H and O–H groups in total. The first kappa shape index (κ1) is 15.8. The van der Waals surface area contributed by atoms with E-state index in [-0.39, 0.29) is 0 Å². The van der Waals surface area contributed by atoms with Gasteiger partial charge in [-0.25, -0.2) is 4.98 Å². The number of rotatable bonds is 5. The highest BCUT2D eigenvalue weighted by Crippen LogP contribution is 2.30. The average Bonchev–Trinajstić information content (AvgIpc) is 2.42. The lowest BCUT2D eigenvalue weighted by atomic mass is 10.1. The fraction of sp³-hybridized carbons (Fsp3) is 0.353. The summed E-state index contributed by atoms with van der Waals surface area (Å²) in [5, 5.41) is 3.99. The Balaban J connectivity index is 2.40. The van der Waals surface area contributed by atoms with E-state index in [0.717, 1.165) is 35.7 Å². The van der Waals surface area contributed by atoms with E-state index in [2.05, 4.69) is 30.2 Å². The van der Waals surface area contributed by atoms with Crippen LogP contribution in [0.4, 0.5) is 0 Å². The Morgan fingerprint density at radius 2 is 1.90 bits per heavy atom. The van der Waals surface area contributed by atoms with Gasteiger partial charge in [0.25, 0.3) is 0 Å². The van der Waals surface area contributed by atoms with E-state index in [1.54, 1.807) is 0 Å². The van der Waals surface area contributed by atoms with Crippen molar-refractivity contribution in [3.8, 4) is 11.6 Å². The molecule has 21 heavy (non-hydrogen) atoms. The van der Waals surface area contributed by atoms with Crippen molar-refractivity contribution in [2.24, 2.45) is 0 Å². The molecular weight excluding hydrogens is 284 g/mol. The Hall–Kier alpha value is -1.58. The van der Waals surface area contributed by atoms with Crippen molar-refractivity contribution in [1.29, 1.82) is 0 Å². The molecular formula is C17H21ClN2O. The van der Waals surface area contributed by atoms with Crippen LogP contribution < -0.4 is 10.1 Å². The van der Waals surface area contributed by atoms with Gasteiger partial charge in [-0.3, -0.25) is 0 Å². The van der Waals surface area contributed by atoms with E-state index in [1.165, 1.54) is 5.56 Å². The van der Waals surface area contributed by atoms with Gasteiger partial charge in [0, 0.05) is 22.8 Å². The monoisotopic (exact) mass is 304 g/mol. The van der Waals surface area contributed by atoms with Gasteiger partial charge in [0.2, 0.25) is 5.88 Å².